The van der Waals surface area contributed by atoms with Crippen LogP contribution >= 0.6 is 15.9 Å². The van der Waals surface area contributed by atoms with Crippen LogP contribution in [0.15, 0.2) is 10.5 Å². The van der Waals surface area contributed by atoms with Crippen LogP contribution in [0.1, 0.15) is 5.56 Å². The molecule has 0 unspecified atom stereocenters. The Morgan fingerprint density at radius 2 is 2.25 bits per heavy atom. The molecule has 0 amide bonds. The molecule has 0 bridgehead atoms. The molecule has 0 aliphatic carbocycles. The summed E-state index contributed by atoms with van der Waals surface area (Å²) in [6.07, 6.45) is 0. The predicted molar refractivity (Wildman–Crippen MR) is 57.5 cm³/mol. The summed E-state index contributed by atoms with van der Waals surface area (Å²) in [5, 5.41) is 8.99. The van der Waals surface area contributed by atoms with Gasteiger partial charge in [0.1, 0.15) is 6.07 Å². The highest BCUT2D eigenvalue weighted by molar-refractivity contribution is 9.10. The lowest BCUT2D eigenvalue weighted by molar-refractivity contribution is 0.0483. The number of rotatable bonds is 3. The molecule has 0 atom stereocenters. The second kappa shape index (κ2) is 4.60. The predicted octanol–water partition coefficient (Wildman–Crippen LogP) is 2.03. The van der Waals surface area contributed by atoms with Crippen molar-refractivity contribution in [2.75, 3.05) is 20.7 Å². The van der Waals surface area contributed by atoms with Crippen molar-refractivity contribution in [3.05, 3.63) is 16.1 Å². The van der Waals surface area contributed by atoms with Gasteiger partial charge in [-0.2, -0.15) is 5.26 Å². The summed E-state index contributed by atoms with van der Waals surface area (Å²) < 4.78 is 21.3. The first-order chi connectivity index (χ1) is 7.77. The van der Waals surface area contributed by atoms with Gasteiger partial charge >= 0.3 is 0 Å². The third-order valence-electron chi connectivity index (χ3n) is 1.99. The van der Waals surface area contributed by atoms with Gasteiger partial charge in [0.15, 0.2) is 18.3 Å². The van der Waals surface area contributed by atoms with E-state index in [1.807, 2.05) is 6.07 Å². The second-order valence-corrected chi connectivity index (χ2v) is 3.82. The van der Waals surface area contributed by atoms with E-state index in [0.717, 1.165) is 0 Å². The van der Waals surface area contributed by atoms with E-state index in [4.69, 9.17) is 24.2 Å². The van der Waals surface area contributed by atoms with Crippen LogP contribution in [0.5, 0.6) is 17.2 Å². The number of halogens is 1. The molecular weight excluding hydrogens is 278 g/mol. The molecule has 84 valence electrons. The van der Waals surface area contributed by atoms with Crippen molar-refractivity contribution >= 4 is 15.9 Å². The standard InChI is InChI=1S/C10H8BrNO4/c1-13-4-14-8-6(3-12)2-7(11)9-10(8)16-5-15-9/h2H,4-5H2,1H3. The zero-order valence-electron chi connectivity index (χ0n) is 8.45. The van der Waals surface area contributed by atoms with Crippen LogP contribution in [0.4, 0.5) is 0 Å². The van der Waals surface area contributed by atoms with Crippen LogP contribution < -0.4 is 14.2 Å². The Bertz CT molecular complexity index is 455. The largest absolute Gasteiger partial charge is 0.462 e. The second-order valence-electron chi connectivity index (χ2n) is 2.96. The average molecular weight is 286 g/mol. The molecule has 0 radical (unpaired) electrons. The van der Waals surface area contributed by atoms with Crippen LogP contribution in [0.25, 0.3) is 0 Å². The number of ether oxygens (including phenoxy) is 4. The Morgan fingerprint density at radius 3 is 2.94 bits per heavy atom. The van der Waals surface area contributed by atoms with Gasteiger partial charge in [-0.1, -0.05) is 0 Å². The highest BCUT2D eigenvalue weighted by atomic mass is 79.9. The van der Waals surface area contributed by atoms with Crippen LogP contribution in [0, 0.1) is 11.3 Å². The van der Waals surface area contributed by atoms with Gasteiger partial charge in [-0.15, -0.1) is 0 Å². The third kappa shape index (κ3) is 1.79. The van der Waals surface area contributed by atoms with Gasteiger partial charge in [-0.3, -0.25) is 0 Å². The number of hydrogen-bond donors (Lipinski definition) is 0. The summed E-state index contributed by atoms with van der Waals surface area (Å²) >= 11 is 3.30. The number of benzene rings is 1. The maximum absolute atomic E-state index is 8.99. The lowest BCUT2D eigenvalue weighted by Gasteiger charge is -2.10. The Kier molecular flexibility index (Phi) is 3.17. The topological polar surface area (TPSA) is 60.7 Å². The van der Waals surface area contributed by atoms with E-state index < -0.39 is 0 Å². The normalized spacial score (nSPS) is 12.3. The minimum absolute atomic E-state index is 0.0477. The number of nitriles is 1. The fraction of sp³-hybridized carbons (Fsp3) is 0.300. The van der Waals surface area contributed by atoms with Crippen molar-refractivity contribution < 1.29 is 18.9 Å². The lowest BCUT2D eigenvalue weighted by atomic mass is 10.2. The summed E-state index contributed by atoms with van der Waals surface area (Å²) in [5.74, 6) is 1.33. The molecule has 6 heteroatoms. The van der Waals surface area contributed by atoms with Crippen molar-refractivity contribution in [3.8, 4) is 23.3 Å². The SMILES string of the molecule is COCOc1c(C#N)cc(Br)c2c1OCO2. The molecule has 2 rings (SSSR count). The van der Waals surface area contributed by atoms with Gasteiger partial charge in [0.2, 0.25) is 12.5 Å². The fourth-order valence-electron chi connectivity index (χ4n) is 1.35. The molecule has 0 N–H and O–H groups in total. The van der Waals surface area contributed by atoms with Crippen molar-refractivity contribution in [1.29, 1.82) is 5.26 Å². The van der Waals surface area contributed by atoms with Crippen molar-refractivity contribution in [1.82, 2.24) is 0 Å². The minimum atomic E-state index is 0.0477. The van der Waals surface area contributed by atoms with Gasteiger partial charge in [0, 0.05) is 7.11 Å². The first-order valence-corrected chi connectivity index (χ1v) is 5.21. The zero-order chi connectivity index (χ0) is 11.5. The molecule has 1 aromatic carbocycles. The van der Waals surface area contributed by atoms with Crippen LogP contribution in [-0.2, 0) is 4.74 Å². The Balaban J connectivity index is 2.48. The molecule has 5 nitrogen and oxygen atoms in total. The molecule has 0 fully saturated rings. The average Bonchev–Trinajstić information content (AvgIpc) is 2.77. The van der Waals surface area contributed by atoms with Crippen molar-refractivity contribution in [3.63, 3.8) is 0 Å². The quantitative estimate of drug-likeness (QED) is 0.796. The highest BCUT2D eigenvalue weighted by Gasteiger charge is 2.25. The number of nitrogens with zero attached hydrogens (tertiary/aromatic N) is 1. The number of fused-ring (bicyclic) bond motifs is 1. The van der Waals surface area contributed by atoms with E-state index in [2.05, 4.69) is 15.9 Å². The van der Waals surface area contributed by atoms with E-state index in [1.54, 1.807) is 6.07 Å². The summed E-state index contributed by atoms with van der Waals surface area (Å²) in [6.45, 7) is 0.165. The molecule has 16 heavy (non-hydrogen) atoms. The minimum Gasteiger partial charge on any atom is -0.462 e. The summed E-state index contributed by atoms with van der Waals surface area (Å²) in [7, 11) is 1.50. The monoisotopic (exact) mass is 285 g/mol. The van der Waals surface area contributed by atoms with Crippen molar-refractivity contribution in [2.24, 2.45) is 0 Å². The molecule has 0 saturated heterocycles. The van der Waals surface area contributed by atoms with Crippen molar-refractivity contribution in [2.45, 2.75) is 0 Å². The lowest BCUT2D eigenvalue weighted by Crippen LogP contribution is -2.02. The third-order valence-corrected chi connectivity index (χ3v) is 2.58. The fourth-order valence-corrected chi connectivity index (χ4v) is 1.87. The van der Waals surface area contributed by atoms with E-state index in [9.17, 15) is 0 Å². The maximum Gasteiger partial charge on any atom is 0.231 e. The van der Waals surface area contributed by atoms with Gasteiger partial charge in [-0.25, -0.2) is 0 Å². The molecule has 0 aromatic heterocycles. The van der Waals surface area contributed by atoms with E-state index in [0.29, 0.717) is 27.3 Å². The van der Waals surface area contributed by atoms with Crippen LogP contribution in [0.2, 0.25) is 0 Å². The van der Waals surface area contributed by atoms with Crippen LogP contribution in [-0.4, -0.2) is 20.7 Å². The molecule has 1 heterocycles. The maximum atomic E-state index is 8.99. The first kappa shape index (κ1) is 11.0. The van der Waals surface area contributed by atoms with Gasteiger partial charge in [-0.05, 0) is 22.0 Å². The Labute approximate surface area is 101 Å². The number of methoxy groups -OCH3 is 1. The van der Waals surface area contributed by atoms with Gasteiger partial charge in [0.05, 0.1) is 10.0 Å². The molecule has 1 aliphatic heterocycles. The molecular formula is C10H8BrNO4. The number of hydrogen-bond acceptors (Lipinski definition) is 5. The van der Waals surface area contributed by atoms with Gasteiger partial charge in [0.25, 0.3) is 0 Å². The smallest absolute Gasteiger partial charge is 0.231 e. The van der Waals surface area contributed by atoms with E-state index in [-0.39, 0.29) is 13.6 Å². The summed E-state index contributed by atoms with van der Waals surface area (Å²) in [5.41, 5.74) is 0.369. The molecule has 1 aliphatic rings. The van der Waals surface area contributed by atoms with Gasteiger partial charge < -0.3 is 18.9 Å². The molecule has 0 spiro atoms. The molecule has 0 saturated carbocycles. The summed E-state index contributed by atoms with van der Waals surface area (Å²) in [6, 6.07) is 3.65. The molecule has 1 aromatic rings. The Hall–Kier alpha value is -1.45. The van der Waals surface area contributed by atoms with E-state index in [1.165, 1.54) is 7.11 Å². The zero-order valence-corrected chi connectivity index (χ0v) is 10.0. The summed E-state index contributed by atoms with van der Waals surface area (Å²) in [4.78, 5) is 0. The first-order valence-electron chi connectivity index (χ1n) is 4.42. The van der Waals surface area contributed by atoms with E-state index >= 15 is 0 Å². The highest BCUT2D eigenvalue weighted by Crippen LogP contribution is 2.47. The van der Waals surface area contributed by atoms with Crippen LogP contribution in [0.3, 0.4) is 0 Å². The Morgan fingerprint density at radius 1 is 1.50 bits per heavy atom.